The monoisotopic (exact) mass is 196 g/mol. The van der Waals surface area contributed by atoms with Crippen molar-refractivity contribution in [1.29, 1.82) is 0 Å². The fourth-order valence-corrected chi connectivity index (χ4v) is 1.25. The summed E-state index contributed by atoms with van der Waals surface area (Å²) in [5, 5.41) is 17.9. The predicted molar refractivity (Wildman–Crippen MR) is 53.7 cm³/mol. The molecule has 1 aromatic rings. The maximum absolute atomic E-state index is 8.96. The van der Waals surface area contributed by atoms with Crippen LogP contribution in [0.5, 0.6) is 0 Å². The summed E-state index contributed by atoms with van der Waals surface area (Å²) in [5.74, 6) is 0. The van der Waals surface area contributed by atoms with Crippen LogP contribution in [-0.4, -0.2) is 46.4 Å². The van der Waals surface area contributed by atoms with Crippen molar-refractivity contribution in [2.45, 2.75) is 12.6 Å². The van der Waals surface area contributed by atoms with Gasteiger partial charge in [0.25, 0.3) is 0 Å². The quantitative estimate of drug-likeness (QED) is 0.688. The van der Waals surface area contributed by atoms with Crippen LogP contribution < -0.4 is 0 Å². The van der Waals surface area contributed by atoms with Gasteiger partial charge in [0.2, 0.25) is 0 Å². The Morgan fingerprint density at radius 1 is 1.43 bits per heavy atom. The van der Waals surface area contributed by atoms with E-state index in [1.165, 1.54) is 0 Å². The molecule has 0 saturated heterocycles. The zero-order valence-corrected chi connectivity index (χ0v) is 8.30. The van der Waals surface area contributed by atoms with Gasteiger partial charge in [-0.05, 0) is 18.7 Å². The molecular weight excluding hydrogens is 180 g/mol. The molecule has 78 valence electrons. The molecule has 0 aromatic carbocycles. The van der Waals surface area contributed by atoms with Crippen LogP contribution in [0.15, 0.2) is 24.5 Å². The Morgan fingerprint density at radius 2 is 2.14 bits per heavy atom. The van der Waals surface area contributed by atoms with E-state index in [1.54, 1.807) is 12.4 Å². The number of hydrogen-bond acceptors (Lipinski definition) is 4. The third-order valence-corrected chi connectivity index (χ3v) is 2.20. The summed E-state index contributed by atoms with van der Waals surface area (Å²) in [6.45, 7) is 0.611. The van der Waals surface area contributed by atoms with Crippen molar-refractivity contribution >= 4 is 0 Å². The van der Waals surface area contributed by atoms with Crippen molar-refractivity contribution in [2.24, 2.45) is 0 Å². The summed E-state index contributed by atoms with van der Waals surface area (Å²) in [5.41, 5.74) is 1.07. The van der Waals surface area contributed by atoms with E-state index in [0.29, 0.717) is 6.54 Å². The van der Waals surface area contributed by atoms with Crippen LogP contribution in [0.25, 0.3) is 0 Å². The van der Waals surface area contributed by atoms with Gasteiger partial charge in [-0.3, -0.25) is 9.88 Å². The number of aromatic nitrogens is 1. The predicted octanol–water partition coefficient (Wildman–Crippen LogP) is -0.133. The van der Waals surface area contributed by atoms with Gasteiger partial charge in [-0.15, -0.1) is 0 Å². The fourth-order valence-electron chi connectivity index (χ4n) is 1.25. The molecule has 1 heterocycles. The molecule has 0 atom stereocenters. The van der Waals surface area contributed by atoms with E-state index in [1.807, 2.05) is 24.1 Å². The third kappa shape index (κ3) is 3.06. The van der Waals surface area contributed by atoms with Crippen molar-refractivity contribution in [3.63, 3.8) is 0 Å². The number of likely N-dealkylation sites (N-methyl/N-ethyl adjacent to an activating group) is 1. The normalized spacial score (nSPS) is 11.2. The van der Waals surface area contributed by atoms with Gasteiger partial charge in [-0.25, -0.2) is 0 Å². The van der Waals surface area contributed by atoms with Crippen molar-refractivity contribution in [3.05, 3.63) is 30.1 Å². The van der Waals surface area contributed by atoms with Gasteiger partial charge in [0, 0.05) is 18.9 Å². The van der Waals surface area contributed by atoms with Gasteiger partial charge in [0.15, 0.2) is 0 Å². The molecule has 4 heteroatoms. The van der Waals surface area contributed by atoms with Crippen molar-refractivity contribution < 1.29 is 10.2 Å². The first-order chi connectivity index (χ1) is 6.77. The van der Waals surface area contributed by atoms with Crippen molar-refractivity contribution in [1.82, 2.24) is 9.88 Å². The summed E-state index contributed by atoms with van der Waals surface area (Å²) < 4.78 is 0. The minimum atomic E-state index is -0.199. The van der Waals surface area contributed by atoms with E-state index in [4.69, 9.17) is 10.2 Å². The van der Waals surface area contributed by atoms with E-state index in [2.05, 4.69) is 4.98 Å². The maximum Gasteiger partial charge on any atom is 0.0609 e. The molecule has 2 N–H and O–H groups in total. The molecular formula is C10H16N2O2. The number of rotatable bonds is 5. The van der Waals surface area contributed by atoms with E-state index >= 15 is 0 Å². The van der Waals surface area contributed by atoms with Crippen LogP contribution in [0.3, 0.4) is 0 Å². The second-order valence-electron chi connectivity index (χ2n) is 3.30. The molecule has 0 saturated carbocycles. The standard InChI is InChI=1S/C10H16N2O2/c1-12(10(7-13)8-14)6-9-3-2-4-11-5-9/h2-5,10,13-14H,6-8H2,1H3. The molecule has 0 aliphatic carbocycles. The highest BCUT2D eigenvalue weighted by Crippen LogP contribution is 2.03. The molecule has 14 heavy (non-hydrogen) atoms. The Balaban J connectivity index is 2.52. The highest BCUT2D eigenvalue weighted by molar-refractivity contribution is 5.08. The van der Waals surface area contributed by atoms with E-state index in [9.17, 15) is 0 Å². The molecule has 0 spiro atoms. The van der Waals surface area contributed by atoms with Gasteiger partial charge in [0.1, 0.15) is 0 Å². The van der Waals surface area contributed by atoms with Crippen molar-refractivity contribution in [2.75, 3.05) is 20.3 Å². The second-order valence-corrected chi connectivity index (χ2v) is 3.30. The van der Waals surface area contributed by atoms with Gasteiger partial charge in [-0.1, -0.05) is 6.07 Å². The molecule has 0 amide bonds. The van der Waals surface area contributed by atoms with E-state index in [-0.39, 0.29) is 19.3 Å². The zero-order chi connectivity index (χ0) is 10.4. The molecule has 0 aliphatic rings. The number of aliphatic hydroxyl groups excluding tert-OH is 2. The Bertz CT molecular complexity index is 250. The largest absolute Gasteiger partial charge is 0.395 e. The highest BCUT2D eigenvalue weighted by atomic mass is 16.3. The smallest absolute Gasteiger partial charge is 0.0609 e. The molecule has 1 rings (SSSR count). The number of nitrogens with zero attached hydrogens (tertiary/aromatic N) is 2. The summed E-state index contributed by atoms with van der Waals surface area (Å²) in [7, 11) is 1.87. The lowest BCUT2D eigenvalue weighted by Crippen LogP contribution is -2.37. The average Bonchev–Trinajstić information content (AvgIpc) is 2.21. The Morgan fingerprint density at radius 3 is 2.64 bits per heavy atom. The summed E-state index contributed by atoms with van der Waals surface area (Å²) >= 11 is 0. The van der Waals surface area contributed by atoms with Crippen LogP contribution >= 0.6 is 0 Å². The molecule has 0 aliphatic heterocycles. The van der Waals surface area contributed by atoms with Crippen LogP contribution in [0, 0.1) is 0 Å². The average molecular weight is 196 g/mol. The SMILES string of the molecule is CN(Cc1cccnc1)C(CO)CO. The van der Waals surface area contributed by atoms with Crippen LogP contribution in [0.4, 0.5) is 0 Å². The lowest BCUT2D eigenvalue weighted by atomic mass is 10.2. The Kier molecular flexibility index (Phi) is 4.52. The van der Waals surface area contributed by atoms with Crippen molar-refractivity contribution in [3.8, 4) is 0 Å². The lowest BCUT2D eigenvalue weighted by Gasteiger charge is -2.24. The number of aliphatic hydroxyl groups is 2. The fraction of sp³-hybridized carbons (Fsp3) is 0.500. The van der Waals surface area contributed by atoms with Crippen LogP contribution in [0.1, 0.15) is 5.56 Å². The first-order valence-corrected chi connectivity index (χ1v) is 4.58. The van der Waals surface area contributed by atoms with Gasteiger partial charge in [0.05, 0.1) is 19.3 Å². The minimum Gasteiger partial charge on any atom is -0.395 e. The highest BCUT2D eigenvalue weighted by Gasteiger charge is 2.12. The topological polar surface area (TPSA) is 56.6 Å². The van der Waals surface area contributed by atoms with E-state index in [0.717, 1.165) is 5.56 Å². The minimum absolute atomic E-state index is 0.0345. The summed E-state index contributed by atoms with van der Waals surface area (Å²) in [6, 6.07) is 3.64. The van der Waals surface area contributed by atoms with Gasteiger partial charge < -0.3 is 10.2 Å². The third-order valence-electron chi connectivity index (χ3n) is 2.20. The molecule has 0 bridgehead atoms. The number of hydrogen-bond donors (Lipinski definition) is 2. The Labute approximate surface area is 83.8 Å². The molecule has 0 fully saturated rings. The van der Waals surface area contributed by atoms with E-state index < -0.39 is 0 Å². The second kappa shape index (κ2) is 5.70. The lowest BCUT2D eigenvalue weighted by molar-refractivity contribution is 0.0873. The molecule has 0 unspecified atom stereocenters. The van der Waals surface area contributed by atoms with Gasteiger partial charge in [-0.2, -0.15) is 0 Å². The van der Waals surface area contributed by atoms with Crippen LogP contribution in [0.2, 0.25) is 0 Å². The molecule has 4 nitrogen and oxygen atoms in total. The Hall–Kier alpha value is -0.970. The maximum atomic E-state index is 8.96. The summed E-state index contributed by atoms with van der Waals surface area (Å²) in [6.07, 6.45) is 3.50. The molecule has 0 radical (unpaired) electrons. The number of pyridine rings is 1. The molecule has 1 aromatic heterocycles. The first-order valence-electron chi connectivity index (χ1n) is 4.58. The zero-order valence-electron chi connectivity index (χ0n) is 8.30. The van der Waals surface area contributed by atoms with Gasteiger partial charge >= 0.3 is 0 Å². The van der Waals surface area contributed by atoms with Crippen LogP contribution in [-0.2, 0) is 6.54 Å². The summed E-state index contributed by atoms with van der Waals surface area (Å²) in [4.78, 5) is 5.90. The first kappa shape index (κ1) is 11.1.